The van der Waals surface area contributed by atoms with Gasteiger partial charge < -0.3 is 19.3 Å². The van der Waals surface area contributed by atoms with E-state index in [2.05, 4.69) is 14.8 Å². The largest absolute Gasteiger partial charge is 0.390 e. The molecule has 0 saturated carbocycles. The molecule has 0 spiro atoms. The maximum atomic E-state index is 14.8. The van der Waals surface area contributed by atoms with Crippen molar-refractivity contribution in [2.45, 2.75) is 51.7 Å². The van der Waals surface area contributed by atoms with Gasteiger partial charge in [0.25, 0.3) is 0 Å². The van der Waals surface area contributed by atoms with Gasteiger partial charge in [-0.3, -0.25) is 9.47 Å². The van der Waals surface area contributed by atoms with E-state index in [1.165, 1.54) is 4.57 Å². The van der Waals surface area contributed by atoms with Crippen molar-refractivity contribution in [3.63, 3.8) is 0 Å². The van der Waals surface area contributed by atoms with Crippen molar-refractivity contribution in [1.29, 1.82) is 0 Å². The summed E-state index contributed by atoms with van der Waals surface area (Å²) in [6.45, 7) is 9.27. The lowest BCUT2D eigenvalue weighted by atomic mass is 9.83. The van der Waals surface area contributed by atoms with Crippen molar-refractivity contribution in [3.8, 4) is 5.95 Å². The fraction of sp³-hybridized carbons (Fsp3) is 0.571. The van der Waals surface area contributed by atoms with Gasteiger partial charge in [0.05, 0.1) is 36.4 Å². The number of anilines is 1. The molecule has 4 aromatic rings. The highest BCUT2D eigenvalue weighted by molar-refractivity contribution is 5.86. The number of aliphatic hydroxyl groups is 1. The smallest absolute Gasteiger partial charge is 0.302 e. The Labute approximate surface area is 231 Å². The molecule has 12 heteroatoms. The molecule has 1 aromatic carbocycles. The van der Waals surface area contributed by atoms with Crippen LogP contribution in [0.4, 0.5) is 14.6 Å². The van der Waals surface area contributed by atoms with Crippen LogP contribution in [-0.2, 0) is 24.3 Å². The van der Waals surface area contributed by atoms with Gasteiger partial charge in [0, 0.05) is 27.1 Å². The maximum Gasteiger partial charge on any atom is 0.302 e. The predicted molar refractivity (Wildman–Crippen MR) is 148 cm³/mol. The highest BCUT2D eigenvalue weighted by Gasteiger charge is 2.35. The molecule has 2 saturated heterocycles. The van der Waals surface area contributed by atoms with Gasteiger partial charge in [0.2, 0.25) is 5.95 Å². The molecule has 2 aliphatic rings. The van der Waals surface area contributed by atoms with Crippen molar-refractivity contribution in [2.24, 2.45) is 13.0 Å². The molecular weight excluding hydrogens is 518 g/mol. The van der Waals surface area contributed by atoms with Gasteiger partial charge in [-0.25, -0.2) is 9.97 Å². The van der Waals surface area contributed by atoms with Gasteiger partial charge in [-0.1, -0.05) is 12.1 Å². The van der Waals surface area contributed by atoms with Crippen LogP contribution in [0.15, 0.2) is 24.3 Å². The van der Waals surface area contributed by atoms with Crippen molar-refractivity contribution in [3.05, 3.63) is 35.9 Å². The van der Waals surface area contributed by atoms with Crippen LogP contribution in [0.25, 0.3) is 28.1 Å². The summed E-state index contributed by atoms with van der Waals surface area (Å²) in [6.07, 6.45) is 1.83. The van der Waals surface area contributed by atoms with Crippen LogP contribution >= 0.6 is 0 Å². The minimum Gasteiger partial charge on any atom is -0.390 e. The normalized spacial score (nSPS) is 18.3. The molecule has 5 heterocycles. The lowest BCUT2D eigenvalue weighted by Gasteiger charge is -2.37. The summed E-state index contributed by atoms with van der Waals surface area (Å²) in [5, 5.41) is 10.4. The minimum absolute atomic E-state index is 0.139. The van der Waals surface area contributed by atoms with Gasteiger partial charge in [-0.05, 0) is 57.8 Å². The molecule has 214 valence electrons. The Morgan fingerprint density at radius 2 is 1.68 bits per heavy atom. The average molecular weight is 555 g/mol. The van der Waals surface area contributed by atoms with Gasteiger partial charge in [-0.2, -0.15) is 18.7 Å². The molecule has 10 nitrogen and oxygen atoms in total. The number of rotatable bonds is 6. The SMILES string of the molecule is Cn1c(CN2CCC(C(C)(C)O)CC2)nc2c(N3CCOCC3)nc(-n3c(C(C)(F)F)nc4ccccc43)nc21. The average Bonchev–Trinajstić information content (AvgIpc) is 3.47. The number of benzene rings is 1. The Morgan fingerprint density at radius 1 is 0.975 bits per heavy atom. The van der Waals surface area contributed by atoms with Crippen molar-refractivity contribution in [2.75, 3.05) is 44.3 Å². The Hall–Kier alpha value is -3.22. The lowest BCUT2D eigenvalue weighted by Crippen LogP contribution is -2.41. The summed E-state index contributed by atoms with van der Waals surface area (Å²) >= 11 is 0. The topological polar surface area (TPSA) is 97.4 Å². The summed E-state index contributed by atoms with van der Waals surface area (Å²) in [5.41, 5.74) is 1.51. The zero-order valence-corrected chi connectivity index (χ0v) is 23.4. The number of imidazole rings is 2. The number of nitrogens with zero attached hydrogens (tertiary/aromatic N) is 8. The highest BCUT2D eigenvalue weighted by atomic mass is 19.3. The van der Waals surface area contributed by atoms with E-state index in [4.69, 9.17) is 19.7 Å². The highest BCUT2D eigenvalue weighted by Crippen LogP contribution is 2.34. The number of piperidine rings is 1. The lowest BCUT2D eigenvalue weighted by molar-refractivity contribution is -0.0140. The molecule has 1 N–H and O–H groups in total. The number of aryl methyl sites for hydroxylation is 1. The van der Waals surface area contributed by atoms with E-state index >= 15 is 0 Å². The van der Waals surface area contributed by atoms with Crippen molar-refractivity contribution in [1.82, 2.24) is 34.0 Å². The second kappa shape index (κ2) is 10.0. The van der Waals surface area contributed by atoms with E-state index in [9.17, 15) is 13.9 Å². The number of alkyl halides is 2. The van der Waals surface area contributed by atoms with Crippen LogP contribution in [0.1, 0.15) is 45.3 Å². The molecule has 0 amide bonds. The van der Waals surface area contributed by atoms with E-state index in [0.717, 1.165) is 38.7 Å². The second-order valence-electron chi connectivity index (χ2n) is 11.6. The third kappa shape index (κ3) is 4.92. The van der Waals surface area contributed by atoms with E-state index in [0.29, 0.717) is 60.9 Å². The molecule has 0 atom stereocenters. The number of hydrogen-bond donors (Lipinski definition) is 1. The zero-order chi connectivity index (χ0) is 28.2. The molecule has 6 rings (SSSR count). The summed E-state index contributed by atoms with van der Waals surface area (Å²) in [4.78, 5) is 23.4. The first-order valence-corrected chi connectivity index (χ1v) is 13.9. The maximum absolute atomic E-state index is 14.8. The van der Waals surface area contributed by atoms with Crippen LogP contribution in [0.5, 0.6) is 0 Å². The van der Waals surface area contributed by atoms with E-state index in [1.54, 1.807) is 24.3 Å². The van der Waals surface area contributed by atoms with Gasteiger partial charge in [0.1, 0.15) is 5.82 Å². The molecule has 3 aromatic heterocycles. The number of ether oxygens (including phenoxy) is 1. The molecule has 0 unspecified atom stereocenters. The predicted octanol–water partition coefficient (Wildman–Crippen LogP) is 3.63. The molecule has 2 fully saturated rings. The fourth-order valence-electron chi connectivity index (χ4n) is 5.84. The first-order valence-electron chi connectivity index (χ1n) is 13.9. The van der Waals surface area contributed by atoms with Crippen LogP contribution < -0.4 is 4.90 Å². The first-order chi connectivity index (χ1) is 19.0. The molecular formula is C28H36F2N8O2. The Bertz CT molecular complexity index is 1520. The Kier molecular flexibility index (Phi) is 6.75. The molecule has 0 aliphatic carbocycles. The van der Waals surface area contributed by atoms with E-state index < -0.39 is 17.3 Å². The quantitative estimate of drug-likeness (QED) is 0.386. The number of halogens is 2. The molecule has 40 heavy (non-hydrogen) atoms. The third-order valence-electron chi connectivity index (χ3n) is 8.20. The zero-order valence-electron chi connectivity index (χ0n) is 23.4. The summed E-state index contributed by atoms with van der Waals surface area (Å²) < 4.78 is 38.6. The number of fused-ring (bicyclic) bond motifs is 2. The second-order valence-corrected chi connectivity index (χ2v) is 11.6. The van der Waals surface area contributed by atoms with Crippen LogP contribution in [0.3, 0.4) is 0 Å². The van der Waals surface area contributed by atoms with Crippen LogP contribution in [0.2, 0.25) is 0 Å². The number of hydrogen-bond acceptors (Lipinski definition) is 8. The number of para-hydroxylation sites is 2. The van der Waals surface area contributed by atoms with Gasteiger partial charge in [0.15, 0.2) is 22.8 Å². The summed E-state index contributed by atoms with van der Waals surface area (Å²) in [7, 11) is 1.91. The van der Waals surface area contributed by atoms with Crippen molar-refractivity contribution >= 4 is 28.0 Å². The van der Waals surface area contributed by atoms with Crippen molar-refractivity contribution < 1.29 is 18.6 Å². The van der Waals surface area contributed by atoms with Gasteiger partial charge in [-0.15, -0.1) is 0 Å². The van der Waals surface area contributed by atoms with E-state index in [-0.39, 0.29) is 11.9 Å². The number of likely N-dealkylation sites (tertiary alicyclic amines) is 1. The van der Waals surface area contributed by atoms with E-state index in [1.807, 2.05) is 25.5 Å². The summed E-state index contributed by atoms with van der Waals surface area (Å²) in [6, 6.07) is 7.04. The monoisotopic (exact) mass is 554 g/mol. The Morgan fingerprint density at radius 3 is 2.35 bits per heavy atom. The fourth-order valence-corrected chi connectivity index (χ4v) is 5.84. The standard InChI is InChI=1S/C28H36F2N8O2/c1-27(2,39)18-9-11-36(12-10-18)17-21-32-22-23(35(21)4)33-26(34-24(22)37-13-15-40-16-14-37)38-20-8-6-5-7-19(20)31-25(38)28(3,29)30/h5-8,18,39H,9-17H2,1-4H3. The Balaban J connectivity index is 1.45. The van der Waals surface area contributed by atoms with Crippen LogP contribution in [-0.4, -0.2) is 84.1 Å². The molecule has 0 bridgehead atoms. The summed E-state index contributed by atoms with van der Waals surface area (Å²) in [5.74, 6) is -1.77. The molecule has 2 aliphatic heterocycles. The minimum atomic E-state index is -3.21. The van der Waals surface area contributed by atoms with Crippen LogP contribution in [0, 0.1) is 5.92 Å². The van der Waals surface area contributed by atoms with Gasteiger partial charge >= 0.3 is 5.92 Å². The first kappa shape index (κ1) is 27.0. The third-order valence-corrected chi connectivity index (χ3v) is 8.20. The number of morpholine rings is 1. The molecule has 0 radical (unpaired) electrons. The number of aromatic nitrogens is 6.